The van der Waals surface area contributed by atoms with Crippen LogP contribution in [0.5, 0.6) is 0 Å². The Balaban J connectivity index is 1.49. The first kappa shape index (κ1) is 14.6. The Kier molecular flexibility index (Phi) is 4.60. The third-order valence-corrected chi connectivity index (χ3v) is 5.11. The Labute approximate surface area is 133 Å². The lowest BCUT2D eigenvalue weighted by molar-refractivity contribution is 0.326. The molecule has 4 nitrogen and oxygen atoms in total. The fourth-order valence-corrected chi connectivity index (χ4v) is 3.42. The molecule has 1 aromatic heterocycles. The van der Waals surface area contributed by atoms with E-state index in [2.05, 4.69) is 15.3 Å². The summed E-state index contributed by atoms with van der Waals surface area (Å²) in [5.41, 5.74) is 6.83. The highest BCUT2D eigenvalue weighted by molar-refractivity contribution is 7.18. The van der Waals surface area contributed by atoms with E-state index in [4.69, 9.17) is 17.3 Å². The van der Waals surface area contributed by atoms with E-state index in [1.807, 2.05) is 18.2 Å². The number of nitrogens with two attached hydrogens (primary N) is 1. The quantitative estimate of drug-likeness (QED) is 0.656. The molecule has 0 bridgehead atoms. The summed E-state index contributed by atoms with van der Waals surface area (Å²) in [7, 11) is 0. The number of nitrogens with zero attached hydrogens (tertiary/aromatic N) is 2. The van der Waals surface area contributed by atoms with Crippen molar-refractivity contribution in [2.45, 2.75) is 25.7 Å². The summed E-state index contributed by atoms with van der Waals surface area (Å²) in [5.74, 6) is 1.30. The van der Waals surface area contributed by atoms with Gasteiger partial charge in [-0.1, -0.05) is 18.0 Å². The number of nitrogens with one attached hydrogen (secondary N) is 1. The van der Waals surface area contributed by atoms with Crippen LogP contribution in [0.1, 0.15) is 24.3 Å². The number of hydrogen-bond acceptors (Lipinski definition) is 3. The highest BCUT2D eigenvalue weighted by Crippen LogP contribution is 2.26. The molecule has 1 aliphatic rings. The molecular formula is C15H19ClN4S. The van der Waals surface area contributed by atoms with Gasteiger partial charge in [0.25, 0.3) is 0 Å². The van der Waals surface area contributed by atoms with Crippen LogP contribution in [0.3, 0.4) is 0 Å². The van der Waals surface area contributed by atoms with Crippen LogP contribution < -0.4 is 11.1 Å². The molecule has 0 aliphatic heterocycles. The number of aliphatic imine (C=N–C) groups is 1. The van der Waals surface area contributed by atoms with E-state index in [0.29, 0.717) is 5.96 Å². The summed E-state index contributed by atoms with van der Waals surface area (Å²) >= 11 is 7.67. The van der Waals surface area contributed by atoms with Gasteiger partial charge in [-0.2, -0.15) is 0 Å². The summed E-state index contributed by atoms with van der Waals surface area (Å²) in [5, 5.41) is 4.97. The second-order valence-electron chi connectivity index (χ2n) is 5.42. The van der Waals surface area contributed by atoms with Crippen molar-refractivity contribution in [3.63, 3.8) is 0 Å². The minimum absolute atomic E-state index is 0.547. The predicted octanol–water partition coefficient (Wildman–Crippen LogP) is 3.20. The second kappa shape index (κ2) is 6.62. The molecule has 0 radical (unpaired) electrons. The third kappa shape index (κ3) is 3.86. The van der Waals surface area contributed by atoms with Gasteiger partial charge >= 0.3 is 0 Å². The Bertz CT molecular complexity index is 648. The summed E-state index contributed by atoms with van der Waals surface area (Å²) in [6.07, 6.45) is 4.78. The van der Waals surface area contributed by atoms with E-state index in [-0.39, 0.29) is 0 Å². The normalized spacial score (nSPS) is 16.1. The minimum atomic E-state index is 0.547. The molecule has 112 valence electrons. The average molecular weight is 323 g/mol. The first-order chi connectivity index (χ1) is 10.2. The molecule has 0 atom stereocenters. The van der Waals surface area contributed by atoms with Crippen molar-refractivity contribution in [3.05, 3.63) is 28.2 Å². The molecule has 1 aliphatic carbocycles. The second-order valence-corrected chi connectivity index (χ2v) is 6.97. The standard InChI is InChI=1S/C15H19ClN4S/c16-11-4-5-13-12(8-11)20-14(21-13)6-7-18-15(17)19-9-10-2-1-3-10/h4-5,8,10H,1-3,6-7,9H2,(H3,17,18,19). The molecular weight excluding hydrogens is 304 g/mol. The molecule has 3 N–H and O–H groups in total. The number of guanidine groups is 1. The van der Waals surface area contributed by atoms with Gasteiger partial charge in [-0.25, -0.2) is 4.98 Å². The molecule has 1 aromatic carbocycles. The SMILES string of the molecule is NC(=NCC1CCC1)NCCc1nc2cc(Cl)ccc2s1. The number of fused-ring (bicyclic) bond motifs is 1. The lowest BCUT2D eigenvalue weighted by atomic mass is 9.86. The van der Waals surface area contributed by atoms with Gasteiger partial charge in [0.15, 0.2) is 5.96 Å². The molecule has 3 rings (SSSR count). The van der Waals surface area contributed by atoms with Gasteiger partial charge in [-0.3, -0.25) is 4.99 Å². The van der Waals surface area contributed by atoms with Gasteiger partial charge in [-0.15, -0.1) is 11.3 Å². The van der Waals surface area contributed by atoms with E-state index in [1.165, 1.54) is 24.0 Å². The van der Waals surface area contributed by atoms with Crippen LogP contribution in [0.4, 0.5) is 0 Å². The maximum Gasteiger partial charge on any atom is 0.188 e. The predicted molar refractivity (Wildman–Crippen MR) is 90.2 cm³/mol. The first-order valence-corrected chi connectivity index (χ1v) is 8.49. The van der Waals surface area contributed by atoms with Crippen molar-refractivity contribution >= 4 is 39.1 Å². The van der Waals surface area contributed by atoms with E-state index >= 15 is 0 Å². The van der Waals surface area contributed by atoms with Gasteiger partial charge in [-0.05, 0) is 37.0 Å². The minimum Gasteiger partial charge on any atom is -0.370 e. The maximum absolute atomic E-state index is 5.97. The van der Waals surface area contributed by atoms with Gasteiger partial charge in [0.1, 0.15) is 0 Å². The van der Waals surface area contributed by atoms with Crippen molar-refractivity contribution in [1.82, 2.24) is 10.3 Å². The molecule has 6 heteroatoms. The summed E-state index contributed by atoms with van der Waals surface area (Å²) in [6.45, 7) is 1.62. The van der Waals surface area contributed by atoms with Gasteiger partial charge in [0.05, 0.1) is 15.2 Å². The van der Waals surface area contributed by atoms with Crippen molar-refractivity contribution in [3.8, 4) is 0 Å². The summed E-state index contributed by atoms with van der Waals surface area (Å²) in [4.78, 5) is 8.96. The van der Waals surface area contributed by atoms with E-state index < -0.39 is 0 Å². The third-order valence-electron chi connectivity index (χ3n) is 3.78. The van der Waals surface area contributed by atoms with E-state index in [0.717, 1.165) is 41.0 Å². The molecule has 0 amide bonds. The number of thiazole rings is 1. The molecule has 0 spiro atoms. The van der Waals surface area contributed by atoms with Gasteiger partial charge < -0.3 is 11.1 Å². The number of halogens is 1. The molecule has 2 aromatic rings. The van der Waals surface area contributed by atoms with Crippen LogP contribution in [-0.4, -0.2) is 24.0 Å². The van der Waals surface area contributed by atoms with Crippen LogP contribution in [0.2, 0.25) is 5.02 Å². The fraction of sp³-hybridized carbons (Fsp3) is 0.467. The fourth-order valence-electron chi connectivity index (χ4n) is 2.31. The molecule has 1 heterocycles. The Hall–Kier alpha value is -1.33. The van der Waals surface area contributed by atoms with Crippen molar-refractivity contribution in [1.29, 1.82) is 0 Å². The summed E-state index contributed by atoms with van der Waals surface area (Å²) in [6, 6.07) is 5.81. The topological polar surface area (TPSA) is 63.3 Å². The van der Waals surface area contributed by atoms with Crippen LogP contribution in [0.15, 0.2) is 23.2 Å². The van der Waals surface area contributed by atoms with Gasteiger partial charge in [0, 0.05) is 24.5 Å². The number of benzene rings is 1. The Morgan fingerprint density at radius 3 is 3.10 bits per heavy atom. The lowest BCUT2D eigenvalue weighted by Gasteiger charge is -2.23. The largest absolute Gasteiger partial charge is 0.370 e. The molecule has 0 saturated heterocycles. The average Bonchev–Trinajstić information content (AvgIpc) is 2.78. The highest BCUT2D eigenvalue weighted by atomic mass is 35.5. The molecule has 1 saturated carbocycles. The van der Waals surface area contributed by atoms with Crippen molar-refractivity contribution < 1.29 is 0 Å². The summed E-state index contributed by atoms with van der Waals surface area (Å²) < 4.78 is 1.17. The lowest BCUT2D eigenvalue weighted by Crippen LogP contribution is -2.34. The van der Waals surface area contributed by atoms with Crippen molar-refractivity contribution in [2.75, 3.05) is 13.1 Å². The number of hydrogen-bond donors (Lipinski definition) is 2. The number of rotatable bonds is 5. The zero-order chi connectivity index (χ0) is 14.7. The van der Waals surface area contributed by atoms with Crippen LogP contribution >= 0.6 is 22.9 Å². The first-order valence-electron chi connectivity index (χ1n) is 7.29. The zero-order valence-electron chi connectivity index (χ0n) is 11.8. The van der Waals surface area contributed by atoms with E-state index in [9.17, 15) is 0 Å². The smallest absolute Gasteiger partial charge is 0.188 e. The van der Waals surface area contributed by atoms with Crippen LogP contribution in [0.25, 0.3) is 10.2 Å². The Morgan fingerprint density at radius 1 is 1.48 bits per heavy atom. The zero-order valence-corrected chi connectivity index (χ0v) is 13.4. The molecule has 0 unspecified atom stereocenters. The van der Waals surface area contributed by atoms with E-state index in [1.54, 1.807) is 11.3 Å². The maximum atomic E-state index is 5.97. The molecule has 21 heavy (non-hydrogen) atoms. The Morgan fingerprint density at radius 2 is 2.33 bits per heavy atom. The highest BCUT2D eigenvalue weighted by Gasteiger charge is 2.16. The number of aromatic nitrogens is 1. The van der Waals surface area contributed by atoms with Gasteiger partial charge in [0.2, 0.25) is 0 Å². The van der Waals surface area contributed by atoms with Crippen LogP contribution in [0, 0.1) is 5.92 Å². The molecule has 1 fully saturated rings. The van der Waals surface area contributed by atoms with Crippen molar-refractivity contribution in [2.24, 2.45) is 16.6 Å². The van der Waals surface area contributed by atoms with Crippen LogP contribution in [-0.2, 0) is 6.42 Å². The monoisotopic (exact) mass is 322 g/mol.